The topological polar surface area (TPSA) is 29.3 Å². The molecule has 2 N–H and O–H groups in total. The van der Waals surface area contributed by atoms with Gasteiger partial charge in [-0.3, -0.25) is 4.90 Å². The van der Waals surface area contributed by atoms with Crippen molar-refractivity contribution in [3.63, 3.8) is 0 Å². The first-order valence-corrected chi connectivity index (χ1v) is 6.36. The summed E-state index contributed by atoms with van der Waals surface area (Å²) in [6, 6.07) is 0.624. The van der Waals surface area contributed by atoms with Crippen molar-refractivity contribution in [2.75, 3.05) is 13.6 Å². The molecule has 15 heavy (non-hydrogen) atoms. The quantitative estimate of drug-likeness (QED) is 0.776. The molecule has 1 saturated carbocycles. The van der Waals surface area contributed by atoms with Crippen LogP contribution < -0.4 is 5.73 Å². The lowest BCUT2D eigenvalue weighted by Gasteiger charge is -2.43. The van der Waals surface area contributed by atoms with Gasteiger partial charge >= 0.3 is 0 Å². The molecule has 0 spiro atoms. The highest BCUT2D eigenvalue weighted by Crippen LogP contribution is 2.39. The molecule has 0 bridgehead atoms. The summed E-state index contributed by atoms with van der Waals surface area (Å²) in [5.41, 5.74) is 6.31. The molecule has 2 nitrogen and oxygen atoms in total. The number of hydrogen-bond donors (Lipinski definition) is 1. The molecule has 0 heterocycles. The molecule has 1 aliphatic rings. The van der Waals surface area contributed by atoms with Crippen LogP contribution in [0.2, 0.25) is 0 Å². The summed E-state index contributed by atoms with van der Waals surface area (Å²) < 4.78 is 0. The van der Waals surface area contributed by atoms with E-state index in [0.29, 0.717) is 12.0 Å². The average molecular weight is 212 g/mol. The van der Waals surface area contributed by atoms with Gasteiger partial charge in [-0.25, -0.2) is 0 Å². The van der Waals surface area contributed by atoms with Crippen LogP contribution >= 0.6 is 0 Å². The van der Waals surface area contributed by atoms with E-state index in [2.05, 4.69) is 39.6 Å². The molecule has 3 unspecified atom stereocenters. The van der Waals surface area contributed by atoms with Gasteiger partial charge in [0.1, 0.15) is 0 Å². The summed E-state index contributed by atoms with van der Waals surface area (Å²) in [5, 5.41) is 0. The first kappa shape index (κ1) is 13.0. The van der Waals surface area contributed by atoms with E-state index in [1.807, 2.05) is 0 Å². The minimum absolute atomic E-state index is 0.281. The van der Waals surface area contributed by atoms with Crippen molar-refractivity contribution in [3.8, 4) is 0 Å². The van der Waals surface area contributed by atoms with Gasteiger partial charge in [0.15, 0.2) is 0 Å². The Bertz CT molecular complexity index is 203. The van der Waals surface area contributed by atoms with Gasteiger partial charge in [0.25, 0.3) is 0 Å². The maximum absolute atomic E-state index is 6.03. The van der Waals surface area contributed by atoms with E-state index in [0.717, 1.165) is 12.5 Å². The minimum atomic E-state index is 0.281. The Balaban J connectivity index is 2.74. The van der Waals surface area contributed by atoms with Crippen LogP contribution in [0.15, 0.2) is 0 Å². The Kier molecular flexibility index (Phi) is 4.19. The first-order chi connectivity index (χ1) is 6.93. The molecule has 0 saturated heterocycles. The highest BCUT2D eigenvalue weighted by atomic mass is 15.2. The average Bonchev–Trinajstić information content (AvgIpc) is 2.59. The summed E-state index contributed by atoms with van der Waals surface area (Å²) in [4.78, 5) is 2.54. The van der Waals surface area contributed by atoms with Crippen molar-refractivity contribution < 1.29 is 0 Å². The molecule has 1 rings (SSSR count). The number of rotatable bonds is 4. The van der Waals surface area contributed by atoms with Gasteiger partial charge in [-0.05, 0) is 45.1 Å². The number of nitrogens with two attached hydrogens (primary N) is 1. The molecule has 90 valence electrons. The lowest BCUT2D eigenvalue weighted by Crippen LogP contribution is -2.55. The summed E-state index contributed by atoms with van der Waals surface area (Å²) >= 11 is 0. The minimum Gasteiger partial charge on any atom is -0.329 e. The molecular weight excluding hydrogens is 184 g/mol. The fourth-order valence-electron chi connectivity index (χ4n) is 2.90. The van der Waals surface area contributed by atoms with Crippen molar-refractivity contribution in [3.05, 3.63) is 0 Å². The fourth-order valence-corrected chi connectivity index (χ4v) is 2.90. The van der Waals surface area contributed by atoms with Gasteiger partial charge < -0.3 is 5.73 Å². The Morgan fingerprint density at radius 1 is 1.40 bits per heavy atom. The van der Waals surface area contributed by atoms with E-state index in [1.165, 1.54) is 19.3 Å². The molecule has 2 heteroatoms. The zero-order valence-electron chi connectivity index (χ0n) is 11.1. The second-order valence-corrected chi connectivity index (χ2v) is 5.87. The van der Waals surface area contributed by atoms with Crippen LogP contribution in [0, 0.1) is 11.8 Å². The van der Waals surface area contributed by atoms with Crippen molar-refractivity contribution in [2.24, 2.45) is 17.6 Å². The van der Waals surface area contributed by atoms with Crippen LogP contribution in [0.25, 0.3) is 0 Å². The predicted molar refractivity (Wildman–Crippen MR) is 66.9 cm³/mol. The van der Waals surface area contributed by atoms with E-state index in [9.17, 15) is 0 Å². The van der Waals surface area contributed by atoms with Gasteiger partial charge in [0, 0.05) is 18.1 Å². The highest BCUT2D eigenvalue weighted by Gasteiger charge is 2.41. The van der Waals surface area contributed by atoms with Crippen molar-refractivity contribution in [1.82, 2.24) is 4.90 Å². The zero-order chi connectivity index (χ0) is 11.6. The molecule has 0 aromatic carbocycles. The second-order valence-electron chi connectivity index (χ2n) is 5.87. The maximum Gasteiger partial charge on any atom is 0.0334 e. The molecule has 3 atom stereocenters. The maximum atomic E-state index is 6.03. The zero-order valence-corrected chi connectivity index (χ0v) is 11.1. The second kappa shape index (κ2) is 4.84. The molecule has 0 amide bonds. The molecule has 1 fully saturated rings. The van der Waals surface area contributed by atoms with Crippen LogP contribution in [0.4, 0.5) is 0 Å². The van der Waals surface area contributed by atoms with Crippen molar-refractivity contribution in [2.45, 2.75) is 58.5 Å². The molecule has 0 radical (unpaired) electrons. The summed E-state index contributed by atoms with van der Waals surface area (Å²) in [6.45, 7) is 10.1. The third-order valence-electron chi connectivity index (χ3n) is 4.53. The Morgan fingerprint density at radius 2 is 2.00 bits per heavy atom. The summed E-state index contributed by atoms with van der Waals surface area (Å²) in [6.07, 6.45) is 3.89. The van der Waals surface area contributed by atoms with E-state index in [4.69, 9.17) is 5.73 Å². The smallest absolute Gasteiger partial charge is 0.0334 e. The van der Waals surface area contributed by atoms with E-state index < -0.39 is 0 Å². The van der Waals surface area contributed by atoms with Gasteiger partial charge in [0.2, 0.25) is 0 Å². The number of nitrogens with zero attached hydrogens (tertiary/aromatic N) is 1. The van der Waals surface area contributed by atoms with E-state index in [1.54, 1.807) is 0 Å². The number of likely N-dealkylation sites (N-methyl/N-ethyl adjacent to an activating group) is 1. The van der Waals surface area contributed by atoms with Crippen LogP contribution in [0.5, 0.6) is 0 Å². The first-order valence-electron chi connectivity index (χ1n) is 6.36. The van der Waals surface area contributed by atoms with Gasteiger partial charge in [0.05, 0.1) is 0 Å². The summed E-state index contributed by atoms with van der Waals surface area (Å²) in [7, 11) is 2.26. The van der Waals surface area contributed by atoms with Crippen molar-refractivity contribution in [1.29, 1.82) is 0 Å². The summed E-state index contributed by atoms with van der Waals surface area (Å²) in [5.74, 6) is 1.55. The SMILES string of the molecule is CC1CCC(CN)(N(C)C(C)C(C)C)C1. The Hall–Kier alpha value is -0.0800. The van der Waals surface area contributed by atoms with Gasteiger partial charge in [-0.2, -0.15) is 0 Å². The van der Waals surface area contributed by atoms with Gasteiger partial charge in [-0.1, -0.05) is 20.8 Å². The lowest BCUT2D eigenvalue weighted by atomic mass is 9.90. The third kappa shape index (κ3) is 2.54. The highest BCUT2D eigenvalue weighted by molar-refractivity contribution is 4.98. The van der Waals surface area contributed by atoms with Crippen molar-refractivity contribution >= 4 is 0 Å². The normalized spacial score (nSPS) is 34.0. The molecule has 0 aliphatic heterocycles. The van der Waals surface area contributed by atoms with Crippen LogP contribution in [0.1, 0.15) is 47.0 Å². The largest absolute Gasteiger partial charge is 0.329 e. The van der Waals surface area contributed by atoms with Crippen LogP contribution in [-0.2, 0) is 0 Å². The molecule has 1 aliphatic carbocycles. The Labute approximate surface area is 95.2 Å². The monoisotopic (exact) mass is 212 g/mol. The van der Waals surface area contributed by atoms with E-state index >= 15 is 0 Å². The number of hydrogen-bond acceptors (Lipinski definition) is 2. The van der Waals surface area contributed by atoms with Crippen LogP contribution in [-0.4, -0.2) is 30.1 Å². The fraction of sp³-hybridized carbons (Fsp3) is 1.00. The van der Waals surface area contributed by atoms with E-state index in [-0.39, 0.29) is 5.54 Å². The lowest BCUT2D eigenvalue weighted by molar-refractivity contribution is 0.0648. The van der Waals surface area contributed by atoms with Gasteiger partial charge in [-0.15, -0.1) is 0 Å². The standard InChI is InChI=1S/C13H28N2/c1-10(2)12(4)15(5)13(9-14)7-6-11(3)8-13/h10-12H,6-9,14H2,1-5H3. The molecule has 0 aromatic rings. The third-order valence-corrected chi connectivity index (χ3v) is 4.53. The predicted octanol–water partition coefficient (Wildman–Crippen LogP) is 2.48. The Morgan fingerprint density at radius 3 is 2.33 bits per heavy atom. The molecule has 0 aromatic heterocycles. The molecular formula is C13H28N2. The van der Waals surface area contributed by atoms with Crippen LogP contribution in [0.3, 0.4) is 0 Å².